The van der Waals surface area contributed by atoms with Crippen molar-refractivity contribution in [3.05, 3.63) is 157 Å². The van der Waals surface area contributed by atoms with Gasteiger partial charge in [0.2, 0.25) is 0 Å². The fraction of sp³-hybridized carbons (Fsp3) is 0. The van der Waals surface area contributed by atoms with Gasteiger partial charge in [-0.2, -0.15) is 0 Å². The molecule has 0 aliphatic heterocycles. The Morgan fingerprint density at radius 1 is 0.404 bits per heavy atom. The van der Waals surface area contributed by atoms with Gasteiger partial charge in [0.1, 0.15) is 22.3 Å². The third kappa shape index (κ3) is 3.87. The van der Waals surface area contributed by atoms with Crippen LogP contribution in [-0.2, 0) is 0 Å². The van der Waals surface area contributed by atoms with Crippen molar-refractivity contribution in [3.8, 4) is 27.9 Å². The summed E-state index contributed by atoms with van der Waals surface area (Å²) in [6, 6.07) is 50.4. The molecular weight excluding hydrogens is 576 g/mol. The molecule has 4 heteroatoms. The first kappa shape index (κ1) is 25.7. The van der Waals surface area contributed by atoms with Gasteiger partial charge in [-0.3, -0.25) is 0 Å². The van der Waals surface area contributed by atoms with E-state index in [1.807, 2.05) is 36.4 Å². The van der Waals surface area contributed by atoms with Gasteiger partial charge in [-0.25, -0.2) is 4.85 Å². The van der Waals surface area contributed by atoms with E-state index < -0.39 is 0 Å². The Balaban J connectivity index is 1.17. The van der Waals surface area contributed by atoms with Crippen LogP contribution in [-0.4, -0.2) is 4.57 Å². The van der Waals surface area contributed by atoms with Crippen LogP contribution in [0.1, 0.15) is 0 Å². The van der Waals surface area contributed by atoms with E-state index in [9.17, 15) is 0 Å². The van der Waals surface area contributed by atoms with Gasteiger partial charge in [0.25, 0.3) is 0 Å². The second-order valence-corrected chi connectivity index (χ2v) is 12.0. The van der Waals surface area contributed by atoms with Crippen molar-refractivity contribution in [2.24, 2.45) is 0 Å². The Hall–Kier alpha value is -6.57. The minimum Gasteiger partial charge on any atom is -0.456 e. The van der Waals surface area contributed by atoms with Gasteiger partial charge in [0, 0.05) is 32.6 Å². The molecule has 0 radical (unpaired) electrons. The monoisotopic (exact) mass is 600 g/mol. The van der Waals surface area contributed by atoms with Crippen molar-refractivity contribution in [1.29, 1.82) is 0 Å². The molecule has 3 heterocycles. The number of fused-ring (bicyclic) bond motifs is 9. The van der Waals surface area contributed by atoms with Gasteiger partial charge >= 0.3 is 0 Å². The molecule has 0 unspecified atom stereocenters. The normalized spacial score (nSPS) is 11.8. The average molecular weight is 601 g/mol. The highest BCUT2D eigenvalue weighted by molar-refractivity contribution is 6.13. The number of furan rings is 2. The van der Waals surface area contributed by atoms with E-state index in [1.54, 1.807) is 0 Å². The van der Waals surface area contributed by atoms with E-state index in [0.717, 1.165) is 88.1 Å². The second-order valence-electron chi connectivity index (χ2n) is 12.0. The molecule has 10 aromatic rings. The van der Waals surface area contributed by atoms with Crippen molar-refractivity contribution >= 4 is 71.4 Å². The Morgan fingerprint density at radius 3 is 1.66 bits per heavy atom. The van der Waals surface area contributed by atoms with Crippen molar-refractivity contribution in [3.63, 3.8) is 0 Å². The zero-order valence-corrected chi connectivity index (χ0v) is 25.1. The van der Waals surface area contributed by atoms with Gasteiger partial charge in [-0.1, -0.05) is 72.8 Å². The molecule has 0 fully saturated rings. The number of nitrogens with zero attached hydrogens (tertiary/aromatic N) is 2. The predicted octanol–water partition coefficient (Wildman–Crippen LogP) is 12.5. The molecule has 0 aliphatic carbocycles. The maximum Gasteiger partial charge on any atom is 0.188 e. The largest absolute Gasteiger partial charge is 0.456 e. The highest BCUT2D eigenvalue weighted by Gasteiger charge is 2.17. The standard InChI is InChI=1S/C43H24N2O2/c1-44-30-14-17-39-34(24-30)33-21-28(11-16-38(33)45(39)31-15-20-43-37(25-31)32-9-5-6-10-40(32)46-43)29-13-19-42-36(23-29)35-22-27(12-18-41(35)47-42)26-7-3-2-4-8-26/h2-25H. The van der Waals surface area contributed by atoms with Gasteiger partial charge in [-0.05, 0) is 100 Å². The highest BCUT2D eigenvalue weighted by atomic mass is 16.3. The first-order chi connectivity index (χ1) is 23.2. The molecule has 7 aromatic carbocycles. The second kappa shape index (κ2) is 9.71. The quantitative estimate of drug-likeness (QED) is 0.189. The van der Waals surface area contributed by atoms with Crippen LogP contribution >= 0.6 is 0 Å². The molecule has 0 saturated carbocycles. The molecule has 0 bridgehead atoms. The van der Waals surface area contributed by atoms with Crippen LogP contribution in [0.2, 0.25) is 0 Å². The summed E-state index contributed by atoms with van der Waals surface area (Å²) in [5.74, 6) is 0. The van der Waals surface area contributed by atoms with Crippen LogP contribution in [0.4, 0.5) is 5.69 Å². The predicted molar refractivity (Wildman–Crippen MR) is 192 cm³/mol. The third-order valence-electron chi connectivity index (χ3n) is 9.41. The molecule has 0 N–H and O–H groups in total. The summed E-state index contributed by atoms with van der Waals surface area (Å²) in [7, 11) is 0. The molecule has 0 spiro atoms. The van der Waals surface area contributed by atoms with Gasteiger partial charge in [-0.15, -0.1) is 0 Å². The molecule has 0 saturated heterocycles. The van der Waals surface area contributed by atoms with Crippen LogP contribution in [0.3, 0.4) is 0 Å². The van der Waals surface area contributed by atoms with E-state index >= 15 is 0 Å². The van der Waals surface area contributed by atoms with Crippen LogP contribution in [0.5, 0.6) is 0 Å². The van der Waals surface area contributed by atoms with Crippen LogP contribution in [0.15, 0.2) is 154 Å². The van der Waals surface area contributed by atoms with E-state index in [4.69, 9.17) is 15.4 Å². The fourth-order valence-electron chi connectivity index (χ4n) is 7.16. The number of hydrogen-bond acceptors (Lipinski definition) is 2. The highest BCUT2D eigenvalue weighted by Crippen LogP contribution is 2.40. The SMILES string of the molecule is [C-]#[N+]c1ccc2c(c1)c1cc(-c3ccc4oc5ccc(-c6ccccc6)cc5c4c3)ccc1n2-c1ccc2oc3ccccc3c2c1. The van der Waals surface area contributed by atoms with E-state index in [1.165, 1.54) is 5.56 Å². The zero-order chi connectivity index (χ0) is 31.1. The Bertz CT molecular complexity index is 2920. The molecule has 218 valence electrons. The number of rotatable bonds is 3. The lowest BCUT2D eigenvalue weighted by Gasteiger charge is -2.09. The van der Waals surface area contributed by atoms with E-state index in [-0.39, 0.29) is 0 Å². The number of hydrogen-bond donors (Lipinski definition) is 0. The summed E-state index contributed by atoms with van der Waals surface area (Å²) < 4.78 is 14.7. The molecule has 3 aromatic heterocycles. The van der Waals surface area contributed by atoms with E-state index in [2.05, 4.69) is 119 Å². The smallest absolute Gasteiger partial charge is 0.188 e. The Labute approximate surface area is 269 Å². The zero-order valence-electron chi connectivity index (χ0n) is 25.1. The lowest BCUT2D eigenvalue weighted by molar-refractivity contribution is 0.668. The lowest BCUT2D eigenvalue weighted by Crippen LogP contribution is -1.93. The number of para-hydroxylation sites is 1. The first-order valence-electron chi connectivity index (χ1n) is 15.6. The lowest BCUT2D eigenvalue weighted by atomic mass is 9.99. The maximum absolute atomic E-state index is 7.72. The van der Waals surface area contributed by atoms with E-state index in [0.29, 0.717) is 5.69 Å². The summed E-state index contributed by atoms with van der Waals surface area (Å²) in [5, 5.41) is 6.52. The average Bonchev–Trinajstić information content (AvgIpc) is 3.79. The summed E-state index contributed by atoms with van der Waals surface area (Å²) in [6.07, 6.45) is 0. The molecule has 10 rings (SSSR count). The van der Waals surface area contributed by atoms with Crippen LogP contribution in [0.25, 0.3) is 98.5 Å². The number of aromatic nitrogens is 1. The molecule has 0 atom stereocenters. The number of benzene rings is 7. The van der Waals surface area contributed by atoms with Crippen LogP contribution < -0.4 is 0 Å². The van der Waals surface area contributed by atoms with Gasteiger partial charge in [0.05, 0.1) is 17.6 Å². The molecule has 0 aliphatic rings. The third-order valence-corrected chi connectivity index (χ3v) is 9.41. The summed E-state index contributed by atoms with van der Waals surface area (Å²) in [6.45, 7) is 7.72. The molecule has 4 nitrogen and oxygen atoms in total. The van der Waals surface area contributed by atoms with Crippen LogP contribution in [0, 0.1) is 6.57 Å². The first-order valence-corrected chi connectivity index (χ1v) is 15.6. The minimum atomic E-state index is 0.624. The summed E-state index contributed by atoms with van der Waals surface area (Å²) >= 11 is 0. The van der Waals surface area contributed by atoms with Crippen molar-refractivity contribution in [2.75, 3.05) is 0 Å². The van der Waals surface area contributed by atoms with Crippen molar-refractivity contribution in [2.45, 2.75) is 0 Å². The summed E-state index contributed by atoms with van der Waals surface area (Å²) in [4.78, 5) is 3.76. The fourth-order valence-corrected chi connectivity index (χ4v) is 7.16. The van der Waals surface area contributed by atoms with Crippen molar-refractivity contribution in [1.82, 2.24) is 4.57 Å². The minimum absolute atomic E-state index is 0.624. The molecular formula is C43H24N2O2. The Kier molecular flexibility index (Phi) is 5.32. The topological polar surface area (TPSA) is 35.6 Å². The maximum atomic E-state index is 7.72. The summed E-state index contributed by atoms with van der Waals surface area (Å²) in [5.41, 5.74) is 11.9. The van der Waals surface area contributed by atoms with Crippen molar-refractivity contribution < 1.29 is 8.83 Å². The van der Waals surface area contributed by atoms with Gasteiger partial charge in [0.15, 0.2) is 5.69 Å². The molecule has 47 heavy (non-hydrogen) atoms. The Morgan fingerprint density at radius 2 is 0.936 bits per heavy atom. The van der Waals surface area contributed by atoms with Gasteiger partial charge < -0.3 is 13.4 Å². The molecule has 0 amide bonds.